The average Bonchev–Trinajstić information content (AvgIpc) is 2.59. The molecule has 0 bridgehead atoms. The van der Waals surface area contributed by atoms with Crippen LogP contribution in [0.15, 0.2) is 24.3 Å². The maximum Gasteiger partial charge on any atom is 0.234 e. The van der Waals surface area contributed by atoms with Crippen molar-refractivity contribution in [2.45, 2.75) is 17.5 Å². The van der Waals surface area contributed by atoms with Crippen molar-refractivity contribution >= 4 is 17.7 Å². The Morgan fingerprint density at radius 1 is 1.33 bits per heavy atom. The summed E-state index contributed by atoms with van der Waals surface area (Å²) in [5.74, 6) is 0.946. The molecule has 0 unspecified atom stereocenters. The van der Waals surface area contributed by atoms with E-state index in [0.717, 1.165) is 11.3 Å². The Morgan fingerprint density at radius 3 is 2.47 bits per heavy atom. The van der Waals surface area contributed by atoms with Crippen LogP contribution in [-0.4, -0.2) is 18.3 Å². The van der Waals surface area contributed by atoms with Gasteiger partial charge in [0.05, 0.1) is 12.4 Å². The predicted molar refractivity (Wildman–Crippen MR) is 60.9 cm³/mol. The summed E-state index contributed by atoms with van der Waals surface area (Å²) < 4.78 is 5.08. The summed E-state index contributed by atoms with van der Waals surface area (Å²) in [6.45, 7) is 1.92. The van der Waals surface area contributed by atoms with Gasteiger partial charge in [-0.05, 0) is 24.6 Å². The maximum atomic E-state index is 11.3. The van der Waals surface area contributed by atoms with Crippen molar-refractivity contribution in [3.8, 4) is 5.75 Å². The number of methoxy groups -OCH3 is 1. The molecule has 0 saturated carbocycles. The van der Waals surface area contributed by atoms with Gasteiger partial charge in [0.15, 0.2) is 0 Å². The fraction of sp³-hybridized carbons (Fsp3) is 0.364. The molecule has 1 N–H and O–H groups in total. The minimum Gasteiger partial charge on any atom is -0.497 e. The van der Waals surface area contributed by atoms with E-state index < -0.39 is 0 Å². The largest absolute Gasteiger partial charge is 0.497 e. The van der Waals surface area contributed by atoms with E-state index in [0.29, 0.717) is 0 Å². The molecule has 1 heterocycles. The third kappa shape index (κ3) is 2.09. The molecule has 1 aliphatic heterocycles. The molecule has 0 spiro atoms. The molecule has 3 nitrogen and oxygen atoms in total. The number of rotatable bonds is 2. The number of benzene rings is 1. The Labute approximate surface area is 93.2 Å². The van der Waals surface area contributed by atoms with Gasteiger partial charge in [-0.25, -0.2) is 0 Å². The Kier molecular flexibility index (Phi) is 2.86. The van der Waals surface area contributed by atoms with Gasteiger partial charge in [0.2, 0.25) is 5.91 Å². The monoisotopic (exact) mass is 223 g/mol. The highest BCUT2D eigenvalue weighted by Gasteiger charge is 2.29. The van der Waals surface area contributed by atoms with Crippen molar-refractivity contribution in [2.24, 2.45) is 0 Å². The third-order valence-electron chi connectivity index (χ3n) is 2.40. The Morgan fingerprint density at radius 2 is 2.00 bits per heavy atom. The number of hydrogen-bond acceptors (Lipinski definition) is 3. The van der Waals surface area contributed by atoms with Gasteiger partial charge in [0.25, 0.3) is 0 Å². The lowest BCUT2D eigenvalue weighted by atomic mass is 10.2. The number of ether oxygens (including phenoxy) is 1. The first-order valence-corrected chi connectivity index (χ1v) is 5.75. The van der Waals surface area contributed by atoms with Gasteiger partial charge in [-0.1, -0.05) is 12.1 Å². The van der Waals surface area contributed by atoms with Crippen molar-refractivity contribution in [3.63, 3.8) is 0 Å². The van der Waals surface area contributed by atoms with Crippen molar-refractivity contribution in [1.29, 1.82) is 0 Å². The lowest BCUT2D eigenvalue weighted by Gasteiger charge is -2.09. The van der Waals surface area contributed by atoms with Gasteiger partial charge in [-0.2, -0.15) is 0 Å². The van der Waals surface area contributed by atoms with Crippen LogP contribution in [-0.2, 0) is 4.79 Å². The molecular weight excluding hydrogens is 210 g/mol. The highest BCUT2D eigenvalue weighted by molar-refractivity contribution is 8.01. The molecular formula is C11H13NO2S. The molecule has 4 heteroatoms. The van der Waals surface area contributed by atoms with Crippen LogP contribution in [0.1, 0.15) is 17.9 Å². The van der Waals surface area contributed by atoms with Crippen LogP contribution in [0.5, 0.6) is 5.75 Å². The molecule has 1 aromatic carbocycles. The smallest absolute Gasteiger partial charge is 0.234 e. The van der Waals surface area contributed by atoms with Gasteiger partial charge in [-0.15, -0.1) is 11.8 Å². The average molecular weight is 223 g/mol. The van der Waals surface area contributed by atoms with Gasteiger partial charge >= 0.3 is 0 Å². The first-order chi connectivity index (χ1) is 7.20. The molecule has 0 aromatic heterocycles. The van der Waals surface area contributed by atoms with Gasteiger partial charge in [0, 0.05) is 0 Å². The molecule has 15 heavy (non-hydrogen) atoms. The van der Waals surface area contributed by atoms with Crippen LogP contribution in [0.2, 0.25) is 0 Å². The first-order valence-electron chi connectivity index (χ1n) is 4.80. The molecule has 1 saturated heterocycles. The second-order valence-electron chi connectivity index (χ2n) is 3.44. The van der Waals surface area contributed by atoms with Crippen LogP contribution < -0.4 is 10.1 Å². The van der Waals surface area contributed by atoms with E-state index in [1.165, 1.54) is 0 Å². The van der Waals surface area contributed by atoms with Gasteiger partial charge < -0.3 is 10.1 Å². The van der Waals surface area contributed by atoms with Crippen molar-refractivity contribution in [1.82, 2.24) is 5.32 Å². The molecule has 1 aliphatic rings. The van der Waals surface area contributed by atoms with E-state index in [1.807, 2.05) is 31.2 Å². The predicted octanol–water partition coefficient (Wildman–Crippen LogP) is 1.95. The summed E-state index contributed by atoms with van der Waals surface area (Å²) >= 11 is 1.64. The minimum atomic E-state index is 0.0390. The van der Waals surface area contributed by atoms with E-state index in [2.05, 4.69) is 5.32 Å². The molecule has 80 valence electrons. The lowest BCUT2D eigenvalue weighted by molar-refractivity contribution is -0.119. The fourth-order valence-electron chi connectivity index (χ4n) is 1.49. The van der Waals surface area contributed by atoms with Crippen LogP contribution in [0.25, 0.3) is 0 Å². The standard InChI is InChI=1S/C11H13NO2S/c1-7-10(13)12-11(15-7)8-3-5-9(14-2)6-4-8/h3-7,11H,1-2H3,(H,12,13)/t7-,11+/m1/s1. The molecule has 0 aliphatic carbocycles. The topological polar surface area (TPSA) is 38.3 Å². The number of carbonyl (C=O) groups is 1. The quantitative estimate of drug-likeness (QED) is 0.832. The van der Waals surface area contributed by atoms with E-state index in [9.17, 15) is 4.79 Å². The SMILES string of the molecule is COc1ccc([C@H]2NC(=O)[C@@H](C)S2)cc1. The van der Waals surface area contributed by atoms with Crippen molar-refractivity contribution < 1.29 is 9.53 Å². The van der Waals surface area contributed by atoms with E-state index in [-0.39, 0.29) is 16.5 Å². The van der Waals surface area contributed by atoms with Crippen molar-refractivity contribution in [2.75, 3.05) is 7.11 Å². The van der Waals surface area contributed by atoms with Crippen LogP contribution in [0, 0.1) is 0 Å². The van der Waals surface area contributed by atoms with Crippen LogP contribution in [0.3, 0.4) is 0 Å². The second kappa shape index (κ2) is 4.14. The molecule has 2 atom stereocenters. The Hall–Kier alpha value is -1.16. The first kappa shape index (κ1) is 10.4. The zero-order valence-corrected chi connectivity index (χ0v) is 9.51. The molecule has 0 radical (unpaired) electrons. The second-order valence-corrected chi connectivity index (χ2v) is 4.89. The summed E-state index contributed by atoms with van der Waals surface area (Å²) in [5, 5.41) is 3.06. The zero-order valence-electron chi connectivity index (χ0n) is 8.69. The van der Waals surface area contributed by atoms with Crippen LogP contribution in [0.4, 0.5) is 0 Å². The number of carbonyl (C=O) groups excluding carboxylic acids is 1. The Bertz CT molecular complexity index is 363. The van der Waals surface area contributed by atoms with E-state index in [4.69, 9.17) is 4.74 Å². The van der Waals surface area contributed by atoms with Crippen LogP contribution >= 0.6 is 11.8 Å². The number of hydrogen-bond donors (Lipinski definition) is 1. The Balaban J connectivity index is 2.13. The number of nitrogens with one attached hydrogen (secondary N) is 1. The summed E-state index contributed by atoms with van der Waals surface area (Å²) in [6, 6.07) is 7.78. The summed E-state index contributed by atoms with van der Waals surface area (Å²) in [6.07, 6.45) is 0. The van der Waals surface area contributed by atoms with Crippen molar-refractivity contribution in [3.05, 3.63) is 29.8 Å². The molecule has 1 amide bonds. The van der Waals surface area contributed by atoms with Gasteiger partial charge in [-0.3, -0.25) is 4.79 Å². The highest BCUT2D eigenvalue weighted by Crippen LogP contribution is 2.35. The summed E-state index contributed by atoms with van der Waals surface area (Å²) in [5.41, 5.74) is 1.11. The normalized spacial score (nSPS) is 25.1. The minimum absolute atomic E-state index is 0.0390. The van der Waals surface area contributed by atoms with E-state index >= 15 is 0 Å². The zero-order chi connectivity index (χ0) is 10.8. The fourth-order valence-corrected chi connectivity index (χ4v) is 2.59. The lowest BCUT2D eigenvalue weighted by Crippen LogP contribution is -2.22. The summed E-state index contributed by atoms with van der Waals surface area (Å²) in [7, 11) is 1.64. The third-order valence-corrected chi connectivity index (χ3v) is 3.69. The maximum absolute atomic E-state index is 11.3. The molecule has 1 aromatic rings. The highest BCUT2D eigenvalue weighted by atomic mass is 32.2. The number of thioether (sulfide) groups is 1. The summed E-state index contributed by atoms with van der Waals surface area (Å²) in [4.78, 5) is 11.3. The van der Waals surface area contributed by atoms with Gasteiger partial charge in [0.1, 0.15) is 11.1 Å². The number of amides is 1. The van der Waals surface area contributed by atoms with E-state index in [1.54, 1.807) is 18.9 Å². The molecule has 1 fully saturated rings. The molecule has 2 rings (SSSR count).